The van der Waals surface area contributed by atoms with Gasteiger partial charge in [0, 0.05) is 5.56 Å². The summed E-state index contributed by atoms with van der Waals surface area (Å²) in [5, 5.41) is 2.51. The van der Waals surface area contributed by atoms with Crippen LogP contribution in [0.3, 0.4) is 0 Å². The van der Waals surface area contributed by atoms with Crippen LogP contribution in [-0.4, -0.2) is 31.1 Å². The van der Waals surface area contributed by atoms with Crippen LogP contribution < -0.4 is 25.6 Å². The monoisotopic (exact) mass is 499 g/mol. The third kappa shape index (κ3) is 6.36. The second-order valence-electron chi connectivity index (χ2n) is 5.33. The number of hydrogen-bond acceptors (Lipinski definition) is 5. The van der Waals surface area contributed by atoms with Gasteiger partial charge in [-0.25, -0.2) is 0 Å². The number of methoxy groups -OCH3 is 2. The second kappa shape index (κ2) is 10.1. The van der Waals surface area contributed by atoms with Gasteiger partial charge in [-0.2, -0.15) is 0 Å². The Morgan fingerprint density at radius 1 is 1.04 bits per heavy atom. The molecule has 7 nitrogen and oxygen atoms in total. The van der Waals surface area contributed by atoms with Crippen molar-refractivity contribution >= 4 is 51.7 Å². The molecule has 0 aliphatic heterocycles. The van der Waals surface area contributed by atoms with E-state index < -0.39 is 0 Å². The van der Waals surface area contributed by atoms with Crippen LogP contribution >= 0.6 is 34.8 Å². The van der Waals surface area contributed by atoms with E-state index in [1.165, 1.54) is 0 Å². The van der Waals surface area contributed by atoms with Gasteiger partial charge < -0.3 is 14.8 Å². The molecule has 0 spiro atoms. The summed E-state index contributed by atoms with van der Waals surface area (Å²) in [5.74, 6) is 0.710. The van der Waals surface area contributed by atoms with Crippen molar-refractivity contribution in [2.24, 2.45) is 0 Å². The maximum absolute atomic E-state index is 12.1. The van der Waals surface area contributed by atoms with Crippen molar-refractivity contribution in [3.8, 4) is 11.5 Å². The molecule has 0 radical (unpaired) electrons. The van der Waals surface area contributed by atoms with Gasteiger partial charge in [-0.1, -0.05) is 12.1 Å². The molecule has 2 aromatic rings. The molecule has 3 N–H and O–H groups in total. The Morgan fingerprint density at radius 2 is 1.74 bits per heavy atom. The van der Waals surface area contributed by atoms with Crippen LogP contribution in [0, 0.1) is 3.57 Å². The van der Waals surface area contributed by atoms with E-state index in [0.717, 1.165) is 9.13 Å². The molecule has 0 aliphatic carbocycles. The van der Waals surface area contributed by atoms with Gasteiger partial charge in [0.05, 0.1) is 24.2 Å². The fraction of sp³-hybridized carbons (Fsp3) is 0.167. The molecule has 0 aromatic heterocycles. The largest absolute Gasteiger partial charge is 0.497 e. The van der Waals surface area contributed by atoms with Crippen molar-refractivity contribution in [1.82, 2.24) is 16.2 Å². The highest BCUT2D eigenvalue weighted by atomic mass is 127. The van der Waals surface area contributed by atoms with Gasteiger partial charge in [0.25, 0.3) is 5.91 Å². The first-order valence-electron chi connectivity index (χ1n) is 7.79. The number of amides is 2. The average molecular weight is 499 g/mol. The summed E-state index contributed by atoms with van der Waals surface area (Å²) in [6.07, 6.45) is 0.149. The van der Waals surface area contributed by atoms with Gasteiger partial charge in [-0.05, 0) is 70.7 Å². The average Bonchev–Trinajstić information content (AvgIpc) is 2.66. The third-order valence-corrected chi connectivity index (χ3v) is 4.53. The predicted molar refractivity (Wildman–Crippen MR) is 114 cm³/mol. The van der Waals surface area contributed by atoms with Gasteiger partial charge in [0.2, 0.25) is 5.91 Å². The Bertz CT molecular complexity index is 843. The van der Waals surface area contributed by atoms with Crippen molar-refractivity contribution in [3.63, 3.8) is 0 Å². The van der Waals surface area contributed by atoms with E-state index in [0.29, 0.717) is 17.1 Å². The number of nitrogens with one attached hydrogen (secondary N) is 3. The van der Waals surface area contributed by atoms with Crippen molar-refractivity contribution in [2.45, 2.75) is 6.42 Å². The number of carbonyl (C=O) groups is 2. The van der Waals surface area contributed by atoms with Crippen LogP contribution in [0.25, 0.3) is 0 Å². The summed E-state index contributed by atoms with van der Waals surface area (Å²) in [4.78, 5) is 24.1. The standard InChI is InChI=1S/C18H18IN3O4S/c1-25-13-6-3-11(4-7-13)9-16(23)20-18(27)22-21-17(24)12-5-8-15(26-2)14(19)10-12/h3-8,10H,9H2,1-2H3,(H,21,24)(H2,20,22,23,27). The van der Waals surface area contributed by atoms with Crippen molar-refractivity contribution < 1.29 is 19.1 Å². The lowest BCUT2D eigenvalue weighted by molar-refractivity contribution is -0.119. The van der Waals surface area contributed by atoms with Gasteiger partial charge in [-0.3, -0.25) is 20.4 Å². The SMILES string of the molecule is COc1ccc(CC(=O)NC(=S)NNC(=O)c2ccc(OC)c(I)c2)cc1. The fourth-order valence-electron chi connectivity index (χ4n) is 2.12. The maximum atomic E-state index is 12.1. The summed E-state index contributed by atoms with van der Waals surface area (Å²) in [7, 11) is 3.14. The highest BCUT2D eigenvalue weighted by Gasteiger charge is 2.10. The quantitative estimate of drug-likeness (QED) is 0.332. The molecule has 0 saturated carbocycles. The number of ether oxygens (including phenoxy) is 2. The first-order valence-corrected chi connectivity index (χ1v) is 9.28. The number of hydrazine groups is 1. The number of halogens is 1. The molecule has 0 fully saturated rings. The molecule has 27 heavy (non-hydrogen) atoms. The zero-order valence-electron chi connectivity index (χ0n) is 14.7. The molecular formula is C18H18IN3O4S. The first-order chi connectivity index (χ1) is 12.9. The molecule has 0 atom stereocenters. The summed E-state index contributed by atoms with van der Waals surface area (Å²) in [6.45, 7) is 0. The molecule has 0 aliphatic rings. The lowest BCUT2D eigenvalue weighted by Gasteiger charge is -2.11. The van der Waals surface area contributed by atoms with E-state index in [9.17, 15) is 9.59 Å². The van der Waals surface area contributed by atoms with Crippen molar-refractivity contribution in [1.29, 1.82) is 0 Å². The van der Waals surface area contributed by atoms with E-state index in [4.69, 9.17) is 21.7 Å². The van der Waals surface area contributed by atoms with E-state index in [2.05, 4.69) is 38.8 Å². The maximum Gasteiger partial charge on any atom is 0.269 e. The predicted octanol–water partition coefficient (Wildman–Crippen LogP) is 2.19. The molecule has 9 heteroatoms. The van der Waals surface area contributed by atoms with Crippen LogP contribution in [0.2, 0.25) is 0 Å². The Balaban J connectivity index is 1.81. The minimum Gasteiger partial charge on any atom is -0.497 e. The lowest BCUT2D eigenvalue weighted by atomic mass is 10.1. The van der Waals surface area contributed by atoms with Gasteiger partial charge in [-0.15, -0.1) is 0 Å². The third-order valence-electron chi connectivity index (χ3n) is 3.48. The van der Waals surface area contributed by atoms with Gasteiger partial charge >= 0.3 is 0 Å². The van der Waals surface area contributed by atoms with E-state index in [1.807, 2.05) is 0 Å². The Labute approximate surface area is 175 Å². The molecule has 0 bridgehead atoms. The second-order valence-corrected chi connectivity index (χ2v) is 6.90. The summed E-state index contributed by atoms with van der Waals surface area (Å²) in [5.41, 5.74) is 6.20. The van der Waals surface area contributed by atoms with E-state index in [-0.39, 0.29) is 23.3 Å². The molecule has 0 unspecified atom stereocenters. The molecule has 2 amide bonds. The highest BCUT2D eigenvalue weighted by Crippen LogP contribution is 2.21. The van der Waals surface area contributed by atoms with Gasteiger partial charge in [0.1, 0.15) is 11.5 Å². The number of hydrogen-bond donors (Lipinski definition) is 3. The molecule has 0 saturated heterocycles. The molecule has 2 aromatic carbocycles. The van der Waals surface area contributed by atoms with E-state index in [1.54, 1.807) is 56.7 Å². The molecule has 0 heterocycles. The minimum atomic E-state index is -0.387. The molecule has 142 valence electrons. The van der Waals surface area contributed by atoms with E-state index >= 15 is 0 Å². The highest BCUT2D eigenvalue weighted by molar-refractivity contribution is 14.1. The van der Waals surface area contributed by atoms with Crippen molar-refractivity contribution in [3.05, 3.63) is 57.2 Å². The zero-order valence-corrected chi connectivity index (χ0v) is 17.6. The minimum absolute atomic E-state index is 0.00469. The smallest absolute Gasteiger partial charge is 0.269 e. The number of benzene rings is 2. The fourth-order valence-corrected chi connectivity index (χ4v) is 3.02. The van der Waals surface area contributed by atoms with Crippen LogP contribution in [0.15, 0.2) is 42.5 Å². The molecular weight excluding hydrogens is 481 g/mol. The lowest BCUT2D eigenvalue weighted by Crippen LogP contribution is -2.48. The zero-order chi connectivity index (χ0) is 19.8. The summed E-state index contributed by atoms with van der Waals surface area (Å²) >= 11 is 7.10. The summed E-state index contributed by atoms with van der Waals surface area (Å²) < 4.78 is 11.0. The number of carbonyl (C=O) groups excluding carboxylic acids is 2. The summed E-state index contributed by atoms with van der Waals surface area (Å²) in [6, 6.07) is 12.1. The normalized spacial score (nSPS) is 9.89. The Morgan fingerprint density at radius 3 is 2.33 bits per heavy atom. The Hall–Kier alpha value is -2.40. The van der Waals surface area contributed by atoms with Crippen LogP contribution in [0.5, 0.6) is 11.5 Å². The van der Waals surface area contributed by atoms with Crippen LogP contribution in [0.4, 0.5) is 0 Å². The number of thiocarbonyl (C=S) groups is 1. The Kier molecular flexibility index (Phi) is 7.80. The van der Waals surface area contributed by atoms with Crippen molar-refractivity contribution in [2.75, 3.05) is 14.2 Å². The first kappa shape index (κ1) is 20.9. The topological polar surface area (TPSA) is 88.7 Å². The molecule has 2 rings (SSSR count). The van der Waals surface area contributed by atoms with Gasteiger partial charge in [0.15, 0.2) is 5.11 Å². The van der Waals surface area contributed by atoms with Crippen LogP contribution in [0.1, 0.15) is 15.9 Å². The van der Waals surface area contributed by atoms with Crippen LogP contribution in [-0.2, 0) is 11.2 Å². The number of rotatable bonds is 5.